The van der Waals surface area contributed by atoms with Crippen molar-refractivity contribution in [3.8, 4) is 5.75 Å². The molecule has 2 heterocycles. The number of nitrogens with zero attached hydrogens (tertiary/aromatic N) is 1. The molecule has 2 aromatic rings. The van der Waals surface area contributed by atoms with Crippen LogP contribution in [0.2, 0.25) is 0 Å². The van der Waals surface area contributed by atoms with Gasteiger partial charge in [0.25, 0.3) is 0 Å². The van der Waals surface area contributed by atoms with Crippen LogP contribution in [0.1, 0.15) is 102 Å². The highest BCUT2D eigenvalue weighted by Crippen LogP contribution is 2.28. The predicted octanol–water partition coefficient (Wildman–Crippen LogP) is 8.63. The Morgan fingerprint density at radius 2 is 1.73 bits per heavy atom. The highest BCUT2D eigenvalue weighted by Gasteiger charge is 2.30. The molecule has 1 atom stereocenters. The standard InChI is InChI=1S/C34H50N2O5/c1-3-4-5-6-7-8-9-10-11-12-13-14-15-16-17-20-33(37)40-27-41-34(38)36-23-18-19-29(36)24-28-26-35-32-22-21-30(39-2)25-31(28)32/h7-8,10-11,21-22,25-26,29,35H,3-6,9,12-20,23-24,27H2,1-2H3/b8-7-,11-10-/t29-/m0/s1. The van der Waals surface area contributed by atoms with Crippen molar-refractivity contribution in [3.63, 3.8) is 0 Å². The second-order valence-corrected chi connectivity index (χ2v) is 10.9. The highest BCUT2D eigenvalue weighted by molar-refractivity contribution is 5.84. The summed E-state index contributed by atoms with van der Waals surface area (Å²) in [5.41, 5.74) is 2.19. The van der Waals surface area contributed by atoms with Crippen molar-refractivity contribution in [1.82, 2.24) is 9.88 Å². The maximum atomic E-state index is 12.7. The molecule has 1 aromatic heterocycles. The Morgan fingerprint density at radius 3 is 2.51 bits per heavy atom. The minimum atomic E-state index is -0.422. The topological polar surface area (TPSA) is 80.9 Å². The first-order valence-corrected chi connectivity index (χ1v) is 15.7. The number of allylic oxidation sites excluding steroid dienone is 4. The summed E-state index contributed by atoms with van der Waals surface area (Å²) in [5, 5.41) is 1.10. The number of fused-ring (bicyclic) bond motifs is 1. The molecule has 7 heteroatoms. The van der Waals surface area contributed by atoms with Crippen LogP contribution in [0.4, 0.5) is 4.79 Å². The van der Waals surface area contributed by atoms with E-state index in [2.05, 4.69) is 36.2 Å². The van der Waals surface area contributed by atoms with Gasteiger partial charge in [-0.1, -0.05) is 63.3 Å². The van der Waals surface area contributed by atoms with E-state index < -0.39 is 6.09 Å². The SMILES string of the molecule is CCCCC/C=C\C/C=C\CCCCCCCC(=O)OCOC(=O)N1CCC[C@H]1Cc1c[nH]c2ccc(OC)cc12. The second-order valence-electron chi connectivity index (χ2n) is 10.9. The maximum absolute atomic E-state index is 12.7. The summed E-state index contributed by atoms with van der Waals surface area (Å²) < 4.78 is 15.8. The molecule has 0 aliphatic carbocycles. The van der Waals surface area contributed by atoms with Gasteiger partial charge in [-0.05, 0) is 81.5 Å². The number of likely N-dealkylation sites (tertiary alicyclic amines) is 1. The molecule has 1 aromatic carbocycles. The van der Waals surface area contributed by atoms with Crippen molar-refractivity contribution in [2.24, 2.45) is 0 Å². The van der Waals surface area contributed by atoms with Crippen LogP contribution >= 0.6 is 0 Å². The van der Waals surface area contributed by atoms with Crippen LogP contribution in [0.15, 0.2) is 48.7 Å². The molecule has 0 bridgehead atoms. The Bertz CT molecular complexity index is 1110. The number of ether oxygens (including phenoxy) is 3. The number of esters is 1. The van der Waals surface area contributed by atoms with Crippen LogP contribution < -0.4 is 4.74 Å². The third kappa shape index (κ3) is 11.7. The minimum Gasteiger partial charge on any atom is -0.497 e. The van der Waals surface area contributed by atoms with Gasteiger partial charge in [-0.15, -0.1) is 0 Å². The third-order valence-electron chi connectivity index (χ3n) is 7.78. The summed E-state index contributed by atoms with van der Waals surface area (Å²) >= 11 is 0. The molecule has 41 heavy (non-hydrogen) atoms. The van der Waals surface area contributed by atoms with E-state index >= 15 is 0 Å². The van der Waals surface area contributed by atoms with Gasteiger partial charge in [0.2, 0.25) is 6.79 Å². The number of rotatable bonds is 19. The van der Waals surface area contributed by atoms with Crippen molar-refractivity contribution in [3.05, 3.63) is 54.3 Å². The molecule has 226 valence electrons. The van der Waals surface area contributed by atoms with E-state index in [9.17, 15) is 9.59 Å². The number of hydrogen-bond acceptors (Lipinski definition) is 5. The number of unbranched alkanes of at least 4 members (excludes halogenated alkanes) is 8. The zero-order chi connectivity index (χ0) is 29.1. The summed E-state index contributed by atoms with van der Waals surface area (Å²) in [6, 6.07) is 6.00. The van der Waals surface area contributed by atoms with E-state index in [4.69, 9.17) is 14.2 Å². The zero-order valence-corrected chi connectivity index (χ0v) is 25.2. The number of carbonyl (C=O) groups is 2. The first-order chi connectivity index (χ1) is 20.1. The molecule has 3 rings (SSSR count). The summed E-state index contributed by atoms with van der Waals surface area (Å²) in [6.07, 6.45) is 26.1. The first-order valence-electron chi connectivity index (χ1n) is 15.7. The predicted molar refractivity (Wildman–Crippen MR) is 165 cm³/mol. The van der Waals surface area contributed by atoms with Gasteiger partial charge in [-0.3, -0.25) is 4.79 Å². The smallest absolute Gasteiger partial charge is 0.412 e. The molecule has 0 radical (unpaired) electrons. The highest BCUT2D eigenvalue weighted by atomic mass is 16.7. The van der Waals surface area contributed by atoms with Gasteiger partial charge in [0.15, 0.2) is 0 Å². The molecule has 0 unspecified atom stereocenters. The van der Waals surface area contributed by atoms with Crippen LogP contribution in [0.25, 0.3) is 10.9 Å². The zero-order valence-electron chi connectivity index (χ0n) is 25.2. The van der Waals surface area contributed by atoms with Crippen LogP contribution in [-0.4, -0.2) is 48.4 Å². The molecule has 1 amide bonds. The van der Waals surface area contributed by atoms with E-state index in [-0.39, 0.29) is 18.8 Å². The number of aromatic nitrogens is 1. The summed E-state index contributed by atoms with van der Waals surface area (Å²) in [4.78, 5) is 29.8. The molecule has 1 aliphatic heterocycles. The third-order valence-corrected chi connectivity index (χ3v) is 7.78. The van der Waals surface area contributed by atoms with Crippen molar-refractivity contribution in [1.29, 1.82) is 0 Å². The fourth-order valence-electron chi connectivity index (χ4n) is 5.38. The van der Waals surface area contributed by atoms with Gasteiger partial charge in [-0.2, -0.15) is 0 Å². The molecule has 0 saturated carbocycles. The number of H-pyrrole nitrogens is 1. The Kier molecular flexibility index (Phi) is 15.0. The molecular weight excluding hydrogens is 516 g/mol. The van der Waals surface area contributed by atoms with Gasteiger partial charge < -0.3 is 24.1 Å². The van der Waals surface area contributed by atoms with Gasteiger partial charge >= 0.3 is 12.1 Å². The Balaban J connectivity index is 1.22. The molecule has 1 aliphatic rings. The normalized spacial score (nSPS) is 15.4. The summed E-state index contributed by atoms with van der Waals surface area (Å²) in [7, 11) is 1.66. The Labute approximate surface area is 246 Å². The van der Waals surface area contributed by atoms with Crippen LogP contribution in [0.3, 0.4) is 0 Å². The number of carbonyl (C=O) groups excluding carboxylic acids is 2. The number of methoxy groups -OCH3 is 1. The molecule has 0 spiro atoms. The Hall–Kier alpha value is -3.22. The lowest BCUT2D eigenvalue weighted by Gasteiger charge is -2.23. The van der Waals surface area contributed by atoms with E-state index in [0.29, 0.717) is 13.0 Å². The number of amides is 1. The largest absolute Gasteiger partial charge is 0.497 e. The number of nitrogens with one attached hydrogen (secondary N) is 1. The van der Waals surface area contributed by atoms with E-state index in [1.165, 1.54) is 38.5 Å². The number of hydrogen-bond donors (Lipinski definition) is 1. The van der Waals surface area contributed by atoms with Gasteiger partial charge in [0, 0.05) is 36.1 Å². The van der Waals surface area contributed by atoms with Crippen molar-refractivity contribution in [2.45, 2.75) is 109 Å². The minimum absolute atomic E-state index is 0.0519. The molecule has 1 N–H and O–H groups in total. The quantitative estimate of drug-likeness (QED) is 0.0797. The first kappa shape index (κ1) is 32.3. The molecule has 1 saturated heterocycles. The second kappa shape index (κ2) is 19.0. The van der Waals surface area contributed by atoms with Gasteiger partial charge in [-0.25, -0.2) is 4.79 Å². The average Bonchev–Trinajstić information content (AvgIpc) is 3.62. The maximum Gasteiger partial charge on any atom is 0.412 e. The summed E-state index contributed by atoms with van der Waals surface area (Å²) in [5.74, 6) is 0.497. The fraction of sp³-hybridized carbons (Fsp3) is 0.588. The fourth-order valence-corrected chi connectivity index (χ4v) is 5.38. The summed E-state index contributed by atoms with van der Waals surface area (Å²) in [6.45, 7) is 2.55. The number of benzene rings is 1. The molecular formula is C34H50N2O5. The number of aromatic amines is 1. The average molecular weight is 567 g/mol. The lowest BCUT2D eigenvalue weighted by Crippen LogP contribution is -2.37. The lowest BCUT2D eigenvalue weighted by molar-refractivity contribution is -0.152. The van der Waals surface area contributed by atoms with Gasteiger partial charge in [0.1, 0.15) is 5.75 Å². The molecule has 7 nitrogen and oxygen atoms in total. The van der Waals surface area contributed by atoms with E-state index in [1.54, 1.807) is 12.0 Å². The molecule has 1 fully saturated rings. The monoisotopic (exact) mass is 566 g/mol. The van der Waals surface area contributed by atoms with Crippen LogP contribution in [0.5, 0.6) is 5.75 Å². The lowest BCUT2D eigenvalue weighted by atomic mass is 10.0. The Morgan fingerprint density at radius 1 is 0.976 bits per heavy atom. The van der Waals surface area contributed by atoms with Crippen molar-refractivity contribution >= 4 is 23.0 Å². The van der Waals surface area contributed by atoms with Crippen molar-refractivity contribution < 1.29 is 23.8 Å². The van der Waals surface area contributed by atoms with Crippen LogP contribution in [0, 0.1) is 0 Å². The van der Waals surface area contributed by atoms with Crippen LogP contribution in [-0.2, 0) is 20.7 Å². The van der Waals surface area contributed by atoms with Gasteiger partial charge in [0.05, 0.1) is 7.11 Å². The van der Waals surface area contributed by atoms with Crippen molar-refractivity contribution in [2.75, 3.05) is 20.4 Å². The van der Waals surface area contributed by atoms with E-state index in [0.717, 1.165) is 73.6 Å². The van der Waals surface area contributed by atoms with E-state index in [1.807, 2.05) is 24.4 Å².